The van der Waals surface area contributed by atoms with Crippen LogP contribution in [0, 0.1) is 11.3 Å². The molecule has 0 atom stereocenters. The third kappa shape index (κ3) is 5.59. The van der Waals surface area contributed by atoms with Crippen LogP contribution in [0.15, 0.2) is 42.6 Å². The van der Waals surface area contributed by atoms with E-state index in [4.69, 9.17) is 10.00 Å². The highest BCUT2D eigenvalue weighted by Gasteiger charge is 2.17. The lowest BCUT2D eigenvalue weighted by Gasteiger charge is -2.28. The average Bonchev–Trinajstić information content (AvgIpc) is 3.13. The van der Waals surface area contributed by atoms with Gasteiger partial charge in [-0.3, -0.25) is 4.90 Å². The lowest BCUT2D eigenvalue weighted by atomic mass is 10.2. The van der Waals surface area contributed by atoms with Crippen molar-refractivity contribution >= 4 is 11.7 Å². The van der Waals surface area contributed by atoms with Crippen molar-refractivity contribution in [3.05, 3.63) is 53.9 Å². The average molecular weight is 381 g/mol. The van der Waals surface area contributed by atoms with E-state index in [1.165, 1.54) is 0 Å². The first-order chi connectivity index (χ1) is 13.7. The predicted molar refractivity (Wildman–Crippen MR) is 108 cm³/mol. The molecule has 1 aromatic heterocycles. The zero-order valence-corrected chi connectivity index (χ0v) is 16.3. The van der Waals surface area contributed by atoms with Gasteiger partial charge in [-0.1, -0.05) is 0 Å². The second-order valence-electron chi connectivity index (χ2n) is 6.96. The van der Waals surface area contributed by atoms with E-state index in [0.29, 0.717) is 24.3 Å². The minimum absolute atomic E-state index is 0.132. The van der Waals surface area contributed by atoms with E-state index in [1.807, 2.05) is 34.8 Å². The molecule has 1 aliphatic heterocycles. The number of carbonyl (C=O) groups excluding carboxylic acids is 1. The minimum Gasteiger partial charge on any atom is -0.379 e. The summed E-state index contributed by atoms with van der Waals surface area (Å²) in [7, 11) is 1.99. The molecule has 28 heavy (non-hydrogen) atoms. The summed E-state index contributed by atoms with van der Waals surface area (Å²) in [5, 5.41) is 11.9. The molecule has 0 bridgehead atoms. The highest BCUT2D eigenvalue weighted by molar-refractivity contribution is 5.89. The Balaban J connectivity index is 1.61. The van der Waals surface area contributed by atoms with Crippen molar-refractivity contribution in [2.45, 2.75) is 13.0 Å². The zero-order chi connectivity index (χ0) is 19.8. The SMILES string of the molecule is Cn1cccc1CN(CCCN1CCOCC1)C(=O)Nc1ccc(C#N)cc1. The van der Waals surface area contributed by atoms with Crippen molar-refractivity contribution in [3.8, 4) is 6.07 Å². The summed E-state index contributed by atoms with van der Waals surface area (Å²) in [6.45, 7) is 5.65. The zero-order valence-electron chi connectivity index (χ0n) is 16.3. The van der Waals surface area contributed by atoms with Gasteiger partial charge in [0.05, 0.1) is 31.4 Å². The fourth-order valence-corrected chi connectivity index (χ4v) is 3.25. The van der Waals surface area contributed by atoms with Gasteiger partial charge in [-0.05, 0) is 42.8 Å². The number of nitrogens with one attached hydrogen (secondary N) is 1. The van der Waals surface area contributed by atoms with Crippen molar-refractivity contribution in [1.29, 1.82) is 5.26 Å². The van der Waals surface area contributed by atoms with Crippen LogP contribution in [0.1, 0.15) is 17.7 Å². The summed E-state index contributed by atoms with van der Waals surface area (Å²) >= 11 is 0. The van der Waals surface area contributed by atoms with Gasteiger partial charge >= 0.3 is 6.03 Å². The highest BCUT2D eigenvalue weighted by Crippen LogP contribution is 2.12. The fraction of sp³-hybridized carbons (Fsp3) is 0.429. The number of rotatable bonds is 7. The van der Waals surface area contributed by atoms with Crippen molar-refractivity contribution in [2.24, 2.45) is 7.05 Å². The number of nitrogens with zero attached hydrogens (tertiary/aromatic N) is 4. The standard InChI is InChI=1S/C21H27N5O2/c1-24-9-2-4-20(24)17-26(11-3-10-25-12-14-28-15-13-25)21(27)23-19-7-5-18(16-22)6-8-19/h2,4-9H,3,10-15,17H2,1H3,(H,23,27). The summed E-state index contributed by atoms with van der Waals surface area (Å²) in [6.07, 6.45) is 2.89. The Morgan fingerprint density at radius 3 is 2.64 bits per heavy atom. The van der Waals surface area contributed by atoms with E-state index in [2.05, 4.69) is 16.3 Å². The van der Waals surface area contributed by atoms with E-state index < -0.39 is 0 Å². The van der Waals surface area contributed by atoms with Gasteiger partial charge in [0, 0.05) is 50.8 Å². The predicted octanol–water partition coefficient (Wildman–Crippen LogP) is 2.65. The number of benzene rings is 1. The Kier molecular flexibility index (Phi) is 7.06. The Bertz CT molecular complexity index is 803. The number of ether oxygens (including phenoxy) is 1. The van der Waals surface area contributed by atoms with E-state index in [9.17, 15) is 4.79 Å². The number of carbonyl (C=O) groups is 1. The summed E-state index contributed by atoms with van der Waals surface area (Å²) in [6, 6.07) is 12.9. The van der Waals surface area contributed by atoms with Crippen molar-refractivity contribution in [1.82, 2.24) is 14.4 Å². The Hall–Kier alpha value is -2.82. The van der Waals surface area contributed by atoms with E-state index in [0.717, 1.165) is 45.0 Å². The number of aromatic nitrogens is 1. The molecular formula is C21H27N5O2. The molecule has 0 unspecified atom stereocenters. The number of urea groups is 1. The van der Waals surface area contributed by atoms with Crippen molar-refractivity contribution in [2.75, 3.05) is 44.7 Å². The molecule has 1 fully saturated rings. The van der Waals surface area contributed by atoms with Gasteiger partial charge in [0.1, 0.15) is 0 Å². The van der Waals surface area contributed by atoms with Crippen LogP contribution in [0.3, 0.4) is 0 Å². The molecule has 0 saturated carbocycles. The third-order valence-corrected chi connectivity index (χ3v) is 4.96. The number of nitriles is 1. The fourth-order valence-electron chi connectivity index (χ4n) is 3.25. The quantitative estimate of drug-likeness (QED) is 0.800. The molecule has 0 radical (unpaired) electrons. The molecule has 0 spiro atoms. The van der Waals surface area contributed by atoms with Crippen LogP contribution in [0.25, 0.3) is 0 Å². The van der Waals surface area contributed by atoms with Crippen molar-refractivity contribution in [3.63, 3.8) is 0 Å². The summed E-state index contributed by atoms with van der Waals surface area (Å²) in [5.74, 6) is 0. The van der Waals surface area contributed by atoms with Crippen LogP contribution >= 0.6 is 0 Å². The molecule has 1 N–H and O–H groups in total. The van der Waals surface area contributed by atoms with Gasteiger partial charge in [-0.25, -0.2) is 4.79 Å². The molecule has 7 nitrogen and oxygen atoms in total. The maximum Gasteiger partial charge on any atom is 0.322 e. The second kappa shape index (κ2) is 9.93. The van der Waals surface area contributed by atoms with E-state index in [1.54, 1.807) is 24.3 Å². The number of hydrogen-bond acceptors (Lipinski definition) is 4. The van der Waals surface area contributed by atoms with Gasteiger partial charge < -0.3 is 19.5 Å². The maximum atomic E-state index is 12.9. The first-order valence-electron chi connectivity index (χ1n) is 9.62. The molecule has 1 aromatic carbocycles. The number of anilines is 1. The first kappa shape index (κ1) is 19.9. The largest absolute Gasteiger partial charge is 0.379 e. The molecular weight excluding hydrogens is 354 g/mol. The third-order valence-electron chi connectivity index (χ3n) is 4.96. The lowest BCUT2D eigenvalue weighted by Crippen LogP contribution is -2.40. The van der Waals surface area contributed by atoms with Crippen LogP contribution in [-0.4, -0.2) is 59.8 Å². The molecule has 0 aliphatic carbocycles. The van der Waals surface area contributed by atoms with Crippen LogP contribution in [0.5, 0.6) is 0 Å². The maximum absolute atomic E-state index is 12.9. The summed E-state index contributed by atoms with van der Waals surface area (Å²) in [5.41, 5.74) is 2.35. The number of morpholine rings is 1. The smallest absolute Gasteiger partial charge is 0.322 e. The molecule has 148 valence electrons. The Morgan fingerprint density at radius 1 is 1.25 bits per heavy atom. The minimum atomic E-state index is -0.132. The molecule has 7 heteroatoms. The van der Waals surface area contributed by atoms with Crippen LogP contribution < -0.4 is 5.32 Å². The van der Waals surface area contributed by atoms with Gasteiger partial charge in [0.15, 0.2) is 0 Å². The lowest BCUT2D eigenvalue weighted by molar-refractivity contribution is 0.0365. The number of hydrogen-bond donors (Lipinski definition) is 1. The topological polar surface area (TPSA) is 73.5 Å². The highest BCUT2D eigenvalue weighted by atomic mass is 16.5. The number of aryl methyl sites for hydroxylation is 1. The van der Waals surface area contributed by atoms with Gasteiger partial charge in [-0.15, -0.1) is 0 Å². The van der Waals surface area contributed by atoms with Crippen molar-refractivity contribution < 1.29 is 9.53 Å². The monoisotopic (exact) mass is 381 g/mol. The Morgan fingerprint density at radius 2 is 2.00 bits per heavy atom. The molecule has 3 rings (SSSR count). The van der Waals surface area contributed by atoms with Gasteiger partial charge in [0.25, 0.3) is 0 Å². The molecule has 1 aliphatic rings. The first-order valence-corrected chi connectivity index (χ1v) is 9.62. The van der Waals surface area contributed by atoms with Crippen LogP contribution in [0.2, 0.25) is 0 Å². The van der Waals surface area contributed by atoms with E-state index in [-0.39, 0.29) is 6.03 Å². The normalized spacial score (nSPS) is 14.4. The Labute approximate surface area is 166 Å². The van der Waals surface area contributed by atoms with Crippen LogP contribution in [0.4, 0.5) is 10.5 Å². The number of amides is 2. The molecule has 2 amide bonds. The second-order valence-corrected chi connectivity index (χ2v) is 6.96. The molecule has 2 heterocycles. The summed E-state index contributed by atoms with van der Waals surface area (Å²) in [4.78, 5) is 17.1. The van der Waals surface area contributed by atoms with Crippen LogP contribution in [-0.2, 0) is 18.3 Å². The van der Waals surface area contributed by atoms with E-state index >= 15 is 0 Å². The van der Waals surface area contributed by atoms with Gasteiger partial charge in [0.2, 0.25) is 0 Å². The van der Waals surface area contributed by atoms with Gasteiger partial charge in [-0.2, -0.15) is 5.26 Å². The molecule has 1 saturated heterocycles. The summed E-state index contributed by atoms with van der Waals surface area (Å²) < 4.78 is 7.42. The molecule has 2 aromatic rings.